The standard InChI is InChI=1S/C11H14N2/c1-10-6-5-8-11(13-10)7-3-4-9-12-2/h5-6,8,12H,4,9H2,1-2H3. The van der Waals surface area contributed by atoms with Gasteiger partial charge in [0, 0.05) is 18.7 Å². The molecule has 0 amide bonds. The molecule has 0 unspecified atom stereocenters. The fourth-order valence-electron chi connectivity index (χ4n) is 0.953. The maximum absolute atomic E-state index is 4.28. The van der Waals surface area contributed by atoms with E-state index < -0.39 is 0 Å². The Labute approximate surface area is 79.4 Å². The van der Waals surface area contributed by atoms with E-state index in [1.54, 1.807) is 0 Å². The lowest BCUT2D eigenvalue weighted by atomic mass is 10.3. The van der Waals surface area contributed by atoms with Crippen LogP contribution < -0.4 is 5.32 Å². The molecule has 1 N–H and O–H groups in total. The summed E-state index contributed by atoms with van der Waals surface area (Å²) in [7, 11) is 1.92. The molecule has 1 rings (SSSR count). The van der Waals surface area contributed by atoms with Crippen molar-refractivity contribution in [2.45, 2.75) is 13.3 Å². The highest BCUT2D eigenvalue weighted by Gasteiger charge is 1.87. The molecule has 0 aliphatic heterocycles. The van der Waals surface area contributed by atoms with Crippen molar-refractivity contribution in [1.82, 2.24) is 10.3 Å². The van der Waals surface area contributed by atoms with Crippen LogP contribution in [0.25, 0.3) is 0 Å². The normalized spacial score (nSPS) is 9.08. The highest BCUT2D eigenvalue weighted by atomic mass is 14.8. The first kappa shape index (κ1) is 9.76. The van der Waals surface area contributed by atoms with E-state index in [-0.39, 0.29) is 0 Å². The van der Waals surface area contributed by atoms with Gasteiger partial charge in [0.25, 0.3) is 0 Å². The fraction of sp³-hybridized carbons (Fsp3) is 0.364. The molecule has 0 spiro atoms. The zero-order chi connectivity index (χ0) is 9.52. The molecule has 0 radical (unpaired) electrons. The molecule has 0 aromatic carbocycles. The molecule has 0 saturated heterocycles. The van der Waals surface area contributed by atoms with Crippen LogP contribution in [0.4, 0.5) is 0 Å². The van der Waals surface area contributed by atoms with Crippen LogP contribution in [0, 0.1) is 18.8 Å². The van der Waals surface area contributed by atoms with Crippen molar-refractivity contribution in [2.75, 3.05) is 13.6 Å². The second kappa shape index (κ2) is 5.34. The van der Waals surface area contributed by atoms with Crippen molar-refractivity contribution >= 4 is 0 Å². The van der Waals surface area contributed by atoms with Crippen molar-refractivity contribution in [3.63, 3.8) is 0 Å². The topological polar surface area (TPSA) is 24.9 Å². The van der Waals surface area contributed by atoms with Crippen LogP contribution >= 0.6 is 0 Å². The van der Waals surface area contributed by atoms with Gasteiger partial charge in [-0.2, -0.15) is 0 Å². The van der Waals surface area contributed by atoms with E-state index in [1.165, 1.54) is 0 Å². The number of hydrogen-bond donors (Lipinski definition) is 1. The first-order valence-corrected chi connectivity index (χ1v) is 4.40. The SMILES string of the molecule is CNCCC#Cc1cccc(C)n1. The average Bonchev–Trinajstić information content (AvgIpc) is 2.13. The fourth-order valence-corrected chi connectivity index (χ4v) is 0.953. The van der Waals surface area contributed by atoms with E-state index in [9.17, 15) is 0 Å². The van der Waals surface area contributed by atoms with Crippen LogP contribution in [-0.4, -0.2) is 18.6 Å². The molecule has 0 fully saturated rings. The molecule has 1 heterocycles. The Morgan fingerprint density at radius 1 is 1.46 bits per heavy atom. The molecule has 2 nitrogen and oxygen atoms in total. The van der Waals surface area contributed by atoms with Gasteiger partial charge >= 0.3 is 0 Å². The molecule has 1 aromatic heterocycles. The summed E-state index contributed by atoms with van der Waals surface area (Å²) >= 11 is 0. The van der Waals surface area contributed by atoms with Gasteiger partial charge < -0.3 is 5.32 Å². The van der Waals surface area contributed by atoms with Crippen LogP contribution in [0.15, 0.2) is 18.2 Å². The Kier molecular flexibility index (Phi) is 4.01. The average molecular weight is 174 g/mol. The smallest absolute Gasteiger partial charge is 0.113 e. The molecule has 13 heavy (non-hydrogen) atoms. The van der Waals surface area contributed by atoms with Crippen LogP contribution in [0.2, 0.25) is 0 Å². The third-order valence-corrected chi connectivity index (χ3v) is 1.60. The van der Waals surface area contributed by atoms with Gasteiger partial charge in [-0.3, -0.25) is 0 Å². The number of aryl methyl sites for hydroxylation is 1. The summed E-state index contributed by atoms with van der Waals surface area (Å²) in [6.07, 6.45) is 0.867. The van der Waals surface area contributed by atoms with Gasteiger partial charge in [-0.1, -0.05) is 12.0 Å². The van der Waals surface area contributed by atoms with E-state index in [2.05, 4.69) is 22.1 Å². The number of rotatable bonds is 2. The number of nitrogens with zero attached hydrogens (tertiary/aromatic N) is 1. The molecule has 0 bridgehead atoms. The van der Waals surface area contributed by atoms with Crippen molar-refractivity contribution < 1.29 is 0 Å². The maximum Gasteiger partial charge on any atom is 0.113 e. The van der Waals surface area contributed by atoms with Crippen LogP contribution in [0.3, 0.4) is 0 Å². The van der Waals surface area contributed by atoms with E-state index in [1.807, 2.05) is 32.2 Å². The zero-order valence-electron chi connectivity index (χ0n) is 8.09. The number of aromatic nitrogens is 1. The third kappa shape index (κ3) is 3.73. The van der Waals surface area contributed by atoms with Crippen LogP contribution in [0.5, 0.6) is 0 Å². The third-order valence-electron chi connectivity index (χ3n) is 1.60. The van der Waals surface area contributed by atoms with Crippen molar-refractivity contribution in [3.05, 3.63) is 29.6 Å². The second-order valence-corrected chi connectivity index (χ2v) is 2.82. The molecule has 0 aliphatic carbocycles. The molecule has 0 aliphatic rings. The van der Waals surface area contributed by atoms with E-state index in [0.717, 1.165) is 24.4 Å². The van der Waals surface area contributed by atoms with Gasteiger partial charge in [0.05, 0.1) is 0 Å². The predicted molar refractivity (Wildman–Crippen MR) is 54.4 cm³/mol. The number of nitrogens with one attached hydrogen (secondary N) is 1. The van der Waals surface area contributed by atoms with Crippen molar-refractivity contribution in [1.29, 1.82) is 0 Å². The van der Waals surface area contributed by atoms with Gasteiger partial charge in [0.15, 0.2) is 0 Å². The highest BCUT2D eigenvalue weighted by Crippen LogP contribution is 1.95. The minimum Gasteiger partial charge on any atom is -0.319 e. The van der Waals surface area contributed by atoms with Gasteiger partial charge in [0.1, 0.15) is 5.69 Å². The van der Waals surface area contributed by atoms with E-state index in [0.29, 0.717) is 0 Å². The quantitative estimate of drug-likeness (QED) is 0.541. The minimum atomic E-state index is 0.858. The van der Waals surface area contributed by atoms with Gasteiger partial charge in [0.2, 0.25) is 0 Å². The molecule has 68 valence electrons. The summed E-state index contributed by atoms with van der Waals surface area (Å²) in [6, 6.07) is 5.88. The Hall–Kier alpha value is -1.33. The lowest BCUT2D eigenvalue weighted by Gasteiger charge is -1.91. The second-order valence-electron chi connectivity index (χ2n) is 2.82. The van der Waals surface area contributed by atoms with Gasteiger partial charge in [-0.15, -0.1) is 0 Å². The monoisotopic (exact) mass is 174 g/mol. The van der Waals surface area contributed by atoms with Crippen molar-refractivity contribution in [2.24, 2.45) is 0 Å². The summed E-state index contributed by atoms with van der Waals surface area (Å²) in [4.78, 5) is 4.28. The first-order valence-electron chi connectivity index (χ1n) is 4.40. The minimum absolute atomic E-state index is 0.858. The zero-order valence-corrected chi connectivity index (χ0v) is 8.09. The van der Waals surface area contributed by atoms with E-state index >= 15 is 0 Å². The molecule has 0 saturated carbocycles. The van der Waals surface area contributed by atoms with Gasteiger partial charge in [-0.25, -0.2) is 4.98 Å². The van der Waals surface area contributed by atoms with Crippen LogP contribution in [-0.2, 0) is 0 Å². The largest absolute Gasteiger partial charge is 0.319 e. The predicted octanol–water partition coefficient (Wildman–Crippen LogP) is 1.35. The summed E-state index contributed by atoms with van der Waals surface area (Å²) in [5.41, 5.74) is 1.87. The molecule has 0 atom stereocenters. The van der Waals surface area contributed by atoms with Crippen LogP contribution in [0.1, 0.15) is 17.8 Å². The number of pyridine rings is 1. The summed E-state index contributed by atoms with van der Waals surface area (Å²) in [5.74, 6) is 6.07. The summed E-state index contributed by atoms with van der Waals surface area (Å²) in [6.45, 7) is 2.90. The highest BCUT2D eigenvalue weighted by molar-refractivity contribution is 5.28. The Morgan fingerprint density at radius 2 is 2.31 bits per heavy atom. The first-order chi connectivity index (χ1) is 6.33. The number of hydrogen-bond acceptors (Lipinski definition) is 2. The Morgan fingerprint density at radius 3 is 3.00 bits per heavy atom. The lowest BCUT2D eigenvalue weighted by Crippen LogP contribution is -2.05. The molecule has 2 heteroatoms. The van der Waals surface area contributed by atoms with Gasteiger partial charge in [-0.05, 0) is 32.0 Å². The van der Waals surface area contributed by atoms with E-state index in [4.69, 9.17) is 0 Å². The van der Waals surface area contributed by atoms with Crippen molar-refractivity contribution in [3.8, 4) is 11.8 Å². The molecular weight excluding hydrogens is 160 g/mol. The molecule has 1 aromatic rings. The molecular formula is C11H14N2. The lowest BCUT2D eigenvalue weighted by molar-refractivity contribution is 0.818. The maximum atomic E-state index is 4.28. The summed E-state index contributed by atoms with van der Waals surface area (Å²) < 4.78 is 0. The summed E-state index contributed by atoms with van der Waals surface area (Å²) in [5, 5.41) is 3.04. The Bertz CT molecular complexity index is 320. The Balaban J connectivity index is 2.56.